The number of amides is 2. The Morgan fingerprint density at radius 1 is 1.38 bits per heavy atom. The van der Waals surface area contributed by atoms with Crippen LogP contribution in [0.15, 0.2) is 36.7 Å². The minimum atomic E-state index is -0.320. The fourth-order valence-electron chi connectivity index (χ4n) is 3.16. The molecule has 1 aromatic carbocycles. The molecule has 2 atom stereocenters. The first-order valence-electron chi connectivity index (χ1n) is 8.65. The van der Waals surface area contributed by atoms with Crippen LogP contribution >= 0.6 is 0 Å². The molecule has 0 aliphatic carbocycles. The second-order valence-electron chi connectivity index (χ2n) is 6.52. The average Bonchev–Trinajstić information content (AvgIpc) is 3.09. The van der Waals surface area contributed by atoms with Gasteiger partial charge in [0.05, 0.1) is 18.7 Å². The van der Waals surface area contributed by atoms with Crippen LogP contribution in [0.1, 0.15) is 24.4 Å². The maximum Gasteiger partial charge on any atom is 0.318 e. The van der Waals surface area contributed by atoms with Crippen molar-refractivity contribution in [3.63, 3.8) is 0 Å². The molecule has 2 heterocycles. The van der Waals surface area contributed by atoms with E-state index in [0.29, 0.717) is 32.0 Å². The van der Waals surface area contributed by atoms with E-state index >= 15 is 0 Å². The SMILES string of the molecule is CC(NC(=O)N1CCN(Cc2ccccc2)C(C#N)C1)c1nncn1C. The number of aromatic nitrogens is 3. The summed E-state index contributed by atoms with van der Waals surface area (Å²) < 4.78 is 1.78. The van der Waals surface area contributed by atoms with E-state index in [-0.39, 0.29) is 18.1 Å². The highest BCUT2D eigenvalue weighted by molar-refractivity contribution is 5.74. The fourth-order valence-corrected chi connectivity index (χ4v) is 3.16. The van der Waals surface area contributed by atoms with Gasteiger partial charge in [0, 0.05) is 26.7 Å². The minimum absolute atomic E-state index is 0.180. The van der Waals surface area contributed by atoms with Crippen LogP contribution < -0.4 is 5.32 Å². The van der Waals surface area contributed by atoms with Crippen LogP contribution in [-0.2, 0) is 13.6 Å². The molecule has 1 fully saturated rings. The Morgan fingerprint density at radius 2 is 2.15 bits per heavy atom. The second-order valence-corrected chi connectivity index (χ2v) is 6.52. The summed E-state index contributed by atoms with van der Waals surface area (Å²) in [5.74, 6) is 0.692. The number of carbonyl (C=O) groups is 1. The Labute approximate surface area is 153 Å². The quantitative estimate of drug-likeness (QED) is 0.895. The summed E-state index contributed by atoms with van der Waals surface area (Å²) in [6, 6.07) is 11.6. The van der Waals surface area contributed by atoms with Crippen LogP contribution in [0.5, 0.6) is 0 Å². The minimum Gasteiger partial charge on any atom is -0.328 e. The molecule has 2 unspecified atom stereocenters. The number of urea groups is 1. The van der Waals surface area contributed by atoms with Crippen molar-refractivity contribution in [3.05, 3.63) is 48.0 Å². The molecule has 2 aromatic rings. The molecule has 0 bridgehead atoms. The zero-order valence-corrected chi connectivity index (χ0v) is 15.0. The smallest absolute Gasteiger partial charge is 0.318 e. The Balaban J connectivity index is 1.58. The molecule has 0 saturated carbocycles. The lowest BCUT2D eigenvalue weighted by Crippen LogP contribution is -2.56. The van der Waals surface area contributed by atoms with Crippen molar-refractivity contribution in [2.45, 2.75) is 25.6 Å². The summed E-state index contributed by atoms with van der Waals surface area (Å²) in [5.41, 5.74) is 1.17. The summed E-state index contributed by atoms with van der Waals surface area (Å²) in [6.07, 6.45) is 1.60. The van der Waals surface area contributed by atoms with Crippen molar-refractivity contribution in [3.8, 4) is 6.07 Å². The van der Waals surface area contributed by atoms with Gasteiger partial charge >= 0.3 is 6.03 Å². The standard InChI is InChI=1S/C18H23N7O/c1-14(17-22-20-13-23(17)2)21-18(26)25-9-8-24(16(10-19)12-25)11-15-6-4-3-5-7-15/h3-7,13-14,16H,8-9,11-12H2,1-2H3,(H,21,26). The molecule has 0 radical (unpaired) electrons. The number of hydrogen-bond acceptors (Lipinski definition) is 5. The van der Waals surface area contributed by atoms with E-state index in [0.717, 1.165) is 0 Å². The molecule has 1 aliphatic heterocycles. The molecule has 136 valence electrons. The topological polar surface area (TPSA) is 90.1 Å². The van der Waals surface area contributed by atoms with Crippen LogP contribution in [-0.4, -0.2) is 56.3 Å². The van der Waals surface area contributed by atoms with Crippen LogP contribution in [0.4, 0.5) is 4.79 Å². The van der Waals surface area contributed by atoms with Gasteiger partial charge in [0.15, 0.2) is 5.82 Å². The molecule has 1 aliphatic rings. The van der Waals surface area contributed by atoms with Gasteiger partial charge in [0.1, 0.15) is 12.4 Å². The summed E-state index contributed by atoms with van der Waals surface area (Å²) in [6.45, 7) is 4.22. The van der Waals surface area contributed by atoms with Crippen molar-refractivity contribution in [1.29, 1.82) is 5.26 Å². The summed E-state index contributed by atoms with van der Waals surface area (Å²) in [5, 5.41) is 20.3. The van der Waals surface area contributed by atoms with Crippen molar-refractivity contribution >= 4 is 6.03 Å². The monoisotopic (exact) mass is 353 g/mol. The lowest BCUT2D eigenvalue weighted by Gasteiger charge is -2.38. The number of nitrogens with zero attached hydrogens (tertiary/aromatic N) is 6. The highest BCUT2D eigenvalue weighted by Crippen LogP contribution is 2.15. The molecule has 0 spiro atoms. The first-order chi connectivity index (χ1) is 12.6. The molecule has 1 N–H and O–H groups in total. The number of benzene rings is 1. The molecular weight excluding hydrogens is 330 g/mol. The van der Waals surface area contributed by atoms with Gasteiger partial charge in [-0.05, 0) is 12.5 Å². The van der Waals surface area contributed by atoms with Gasteiger partial charge < -0.3 is 14.8 Å². The summed E-state index contributed by atoms with van der Waals surface area (Å²) >= 11 is 0. The third-order valence-electron chi connectivity index (χ3n) is 4.63. The highest BCUT2D eigenvalue weighted by atomic mass is 16.2. The number of nitrogens with one attached hydrogen (secondary N) is 1. The van der Waals surface area contributed by atoms with E-state index in [4.69, 9.17) is 0 Å². The predicted molar refractivity (Wildman–Crippen MR) is 95.8 cm³/mol. The second kappa shape index (κ2) is 7.97. The van der Waals surface area contributed by atoms with Crippen molar-refractivity contribution in [2.24, 2.45) is 7.05 Å². The van der Waals surface area contributed by atoms with Crippen molar-refractivity contribution < 1.29 is 4.79 Å². The van der Waals surface area contributed by atoms with Gasteiger partial charge in [-0.3, -0.25) is 4.90 Å². The van der Waals surface area contributed by atoms with Gasteiger partial charge in [0.25, 0.3) is 0 Å². The third kappa shape index (κ3) is 4.00. The number of nitriles is 1. The van der Waals surface area contributed by atoms with E-state index in [2.05, 4.69) is 38.6 Å². The molecular formula is C18H23N7O. The lowest BCUT2D eigenvalue weighted by atomic mass is 10.1. The first-order valence-corrected chi connectivity index (χ1v) is 8.65. The predicted octanol–water partition coefficient (Wildman–Crippen LogP) is 1.30. The molecule has 1 aromatic heterocycles. The van der Waals surface area contributed by atoms with Crippen LogP contribution in [0.25, 0.3) is 0 Å². The van der Waals surface area contributed by atoms with Gasteiger partial charge in [-0.1, -0.05) is 30.3 Å². The van der Waals surface area contributed by atoms with E-state index in [1.54, 1.807) is 15.8 Å². The van der Waals surface area contributed by atoms with Gasteiger partial charge in [0.2, 0.25) is 0 Å². The van der Waals surface area contributed by atoms with Crippen LogP contribution in [0, 0.1) is 11.3 Å². The van der Waals surface area contributed by atoms with Crippen molar-refractivity contribution in [1.82, 2.24) is 29.9 Å². The third-order valence-corrected chi connectivity index (χ3v) is 4.63. The Bertz CT molecular complexity index is 782. The molecule has 3 rings (SSSR count). The maximum absolute atomic E-state index is 12.6. The van der Waals surface area contributed by atoms with E-state index in [1.165, 1.54) is 5.56 Å². The van der Waals surface area contributed by atoms with Gasteiger partial charge in [-0.25, -0.2) is 4.79 Å². The maximum atomic E-state index is 12.6. The molecule has 8 nitrogen and oxygen atoms in total. The van der Waals surface area contributed by atoms with E-state index in [9.17, 15) is 10.1 Å². The normalized spacial score (nSPS) is 19.0. The number of hydrogen-bond donors (Lipinski definition) is 1. The van der Waals surface area contributed by atoms with Gasteiger partial charge in [-0.15, -0.1) is 10.2 Å². The number of aryl methyl sites for hydroxylation is 1. The molecule has 1 saturated heterocycles. The number of piperazine rings is 1. The summed E-state index contributed by atoms with van der Waals surface area (Å²) in [7, 11) is 1.84. The largest absolute Gasteiger partial charge is 0.328 e. The first kappa shape index (κ1) is 17.9. The number of carbonyl (C=O) groups excluding carboxylic acids is 1. The lowest BCUT2D eigenvalue weighted by molar-refractivity contribution is 0.107. The zero-order chi connectivity index (χ0) is 18.5. The van der Waals surface area contributed by atoms with E-state index < -0.39 is 0 Å². The Hall–Kier alpha value is -2.92. The molecule has 8 heteroatoms. The number of rotatable bonds is 4. The van der Waals surface area contributed by atoms with Crippen molar-refractivity contribution in [2.75, 3.05) is 19.6 Å². The fraction of sp³-hybridized carbons (Fsp3) is 0.444. The van der Waals surface area contributed by atoms with Crippen LogP contribution in [0.2, 0.25) is 0 Å². The Kier molecular flexibility index (Phi) is 5.49. The summed E-state index contributed by atoms with van der Waals surface area (Å²) in [4.78, 5) is 16.4. The Morgan fingerprint density at radius 3 is 2.81 bits per heavy atom. The van der Waals surface area contributed by atoms with Gasteiger partial charge in [-0.2, -0.15) is 5.26 Å². The zero-order valence-electron chi connectivity index (χ0n) is 15.0. The average molecular weight is 353 g/mol. The highest BCUT2D eigenvalue weighted by Gasteiger charge is 2.30. The van der Waals surface area contributed by atoms with Crippen LogP contribution in [0.3, 0.4) is 0 Å². The molecule has 2 amide bonds. The molecule has 26 heavy (non-hydrogen) atoms. The van der Waals surface area contributed by atoms with E-state index in [1.807, 2.05) is 32.2 Å².